The van der Waals surface area contributed by atoms with Crippen LogP contribution >= 0.6 is 11.8 Å². The van der Waals surface area contributed by atoms with Crippen LogP contribution in [0.2, 0.25) is 0 Å². The molecule has 0 spiro atoms. The summed E-state index contributed by atoms with van der Waals surface area (Å²) < 4.78 is 10.7. The molecule has 1 fully saturated rings. The first kappa shape index (κ1) is 22.0. The Morgan fingerprint density at radius 3 is 2.74 bits per heavy atom. The number of hydrogen-bond donors (Lipinski definition) is 2. The molecular weight excluding hydrogens is 422 g/mol. The molecule has 9 nitrogen and oxygen atoms in total. The van der Waals surface area contributed by atoms with E-state index in [0.717, 1.165) is 17.3 Å². The number of carboxylic acids is 1. The smallest absolute Gasteiger partial charge is 0.343 e. The van der Waals surface area contributed by atoms with Gasteiger partial charge in [-0.2, -0.15) is 5.10 Å². The molecule has 1 amide bonds. The molecule has 160 valence electrons. The molecule has 2 N–H and O–H groups in total. The van der Waals surface area contributed by atoms with Crippen LogP contribution in [0.3, 0.4) is 0 Å². The van der Waals surface area contributed by atoms with Crippen LogP contribution in [0, 0.1) is 6.92 Å². The number of carboxylic acid groups (broad SMARTS) is 1. The zero-order chi connectivity index (χ0) is 22.4. The summed E-state index contributed by atoms with van der Waals surface area (Å²) in [4.78, 5) is 34.8. The van der Waals surface area contributed by atoms with E-state index >= 15 is 0 Å². The number of carbonyl (C=O) groups is 3. The predicted octanol–water partition coefficient (Wildman–Crippen LogP) is 2.62. The number of nitrogens with zero attached hydrogens (tertiary/aromatic N) is 2. The fourth-order valence-electron chi connectivity index (χ4n) is 2.67. The van der Waals surface area contributed by atoms with E-state index in [2.05, 4.69) is 15.5 Å². The topological polar surface area (TPSA) is 127 Å². The van der Waals surface area contributed by atoms with E-state index in [0.29, 0.717) is 16.9 Å². The summed E-state index contributed by atoms with van der Waals surface area (Å²) in [5, 5.41) is 18.6. The molecule has 3 rings (SSSR count). The minimum atomic E-state index is -1.06. The Bertz CT molecular complexity index is 1080. The van der Waals surface area contributed by atoms with E-state index in [4.69, 9.17) is 14.6 Å². The number of aliphatic carboxylic acids is 1. The van der Waals surface area contributed by atoms with E-state index in [1.165, 1.54) is 13.3 Å². The van der Waals surface area contributed by atoms with Crippen molar-refractivity contribution in [2.45, 2.75) is 18.6 Å². The van der Waals surface area contributed by atoms with Crippen molar-refractivity contribution < 1.29 is 29.0 Å². The van der Waals surface area contributed by atoms with Crippen molar-refractivity contribution in [1.82, 2.24) is 5.32 Å². The normalized spacial score (nSPS) is 17.0. The van der Waals surface area contributed by atoms with Crippen LogP contribution < -0.4 is 14.8 Å². The fourth-order valence-corrected chi connectivity index (χ4v) is 3.59. The van der Waals surface area contributed by atoms with Crippen molar-refractivity contribution in [2.75, 3.05) is 7.11 Å². The number of thioether (sulfide) groups is 1. The number of nitrogens with one attached hydrogen (secondary N) is 1. The zero-order valence-electron chi connectivity index (χ0n) is 16.7. The largest absolute Gasteiger partial charge is 0.493 e. The molecular formula is C21H19N3O6S. The van der Waals surface area contributed by atoms with Crippen LogP contribution in [0.25, 0.3) is 0 Å². The molecule has 0 saturated carbocycles. The molecule has 1 heterocycles. The van der Waals surface area contributed by atoms with Crippen molar-refractivity contribution in [2.24, 2.45) is 10.2 Å². The van der Waals surface area contributed by atoms with Gasteiger partial charge in [-0.05, 0) is 42.8 Å². The summed E-state index contributed by atoms with van der Waals surface area (Å²) in [5.74, 6) is -1.38. The van der Waals surface area contributed by atoms with Gasteiger partial charge in [0.2, 0.25) is 5.91 Å². The third-order valence-corrected chi connectivity index (χ3v) is 5.21. The number of hydrogen-bond acceptors (Lipinski definition) is 8. The van der Waals surface area contributed by atoms with Gasteiger partial charge in [-0.1, -0.05) is 29.5 Å². The number of aryl methyl sites for hydroxylation is 1. The Kier molecular flexibility index (Phi) is 7.03. The maximum Gasteiger partial charge on any atom is 0.343 e. The summed E-state index contributed by atoms with van der Waals surface area (Å²) in [7, 11) is 1.45. The van der Waals surface area contributed by atoms with E-state index in [1.54, 1.807) is 36.4 Å². The van der Waals surface area contributed by atoms with Gasteiger partial charge in [0.25, 0.3) is 0 Å². The van der Waals surface area contributed by atoms with Crippen molar-refractivity contribution in [1.29, 1.82) is 0 Å². The minimum absolute atomic E-state index is 0.225. The highest BCUT2D eigenvalue weighted by Gasteiger charge is 2.32. The number of carbonyl (C=O) groups excluding carboxylic acids is 2. The van der Waals surface area contributed by atoms with Crippen molar-refractivity contribution in [3.8, 4) is 11.5 Å². The average Bonchev–Trinajstić information content (AvgIpc) is 3.07. The second-order valence-corrected chi connectivity index (χ2v) is 7.70. The van der Waals surface area contributed by atoms with Gasteiger partial charge < -0.3 is 19.9 Å². The van der Waals surface area contributed by atoms with E-state index in [9.17, 15) is 14.4 Å². The van der Waals surface area contributed by atoms with Crippen molar-refractivity contribution in [3.05, 3.63) is 59.2 Å². The lowest BCUT2D eigenvalue weighted by Crippen LogP contribution is -2.26. The summed E-state index contributed by atoms with van der Waals surface area (Å²) in [6.07, 6.45) is 1.14. The summed E-state index contributed by atoms with van der Waals surface area (Å²) in [6.45, 7) is 1.89. The van der Waals surface area contributed by atoms with E-state index in [1.807, 2.05) is 13.0 Å². The minimum Gasteiger partial charge on any atom is -0.493 e. The van der Waals surface area contributed by atoms with E-state index in [-0.39, 0.29) is 17.3 Å². The number of amidine groups is 1. The highest BCUT2D eigenvalue weighted by atomic mass is 32.2. The highest BCUT2D eigenvalue weighted by Crippen LogP contribution is 2.28. The first-order valence-electron chi connectivity index (χ1n) is 9.13. The molecule has 2 aromatic rings. The maximum atomic E-state index is 12.4. The third kappa shape index (κ3) is 5.92. The van der Waals surface area contributed by atoms with Crippen LogP contribution in [-0.2, 0) is 9.59 Å². The Labute approximate surface area is 182 Å². The number of amides is 1. The zero-order valence-corrected chi connectivity index (χ0v) is 17.5. The molecule has 1 aliphatic rings. The van der Waals surface area contributed by atoms with Crippen LogP contribution in [0.5, 0.6) is 11.5 Å². The second-order valence-electron chi connectivity index (χ2n) is 6.51. The molecule has 31 heavy (non-hydrogen) atoms. The molecule has 0 bridgehead atoms. The Hall–Kier alpha value is -3.66. The second kappa shape index (κ2) is 9.90. The number of rotatable bonds is 7. The molecule has 0 aromatic heterocycles. The number of esters is 1. The number of ether oxygens (including phenoxy) is 2. The lowest BCUT2D eigenvalue weighted by Gasteiger charge is -2.10. The van der Waals surface area contributed by atoms with Gasteiger partial charge in [-0.3, -0.25) is 9.59 Å². The van der Waals surface area contributed by atoms with Gasteiger partial charge in [0.15, 0.2) is 16.7 Å². The standard InChI is InChI=1S/C21H19N3O6S/c1-12-4-3-5-14(8-12)20(28)30-15-7-6-13(9-16(15)29-2)11-22-24-21-23-19(27)17(31-21)10-18(25)26/h3-9,11,17H,10H2,1-2H3,(H,25,26)(H,23,24,27). The molecule has 1 saturated heterocycles. The molecule has 0 radical (unpaired) electrons. The third-order valence-electron chi connectivity index (χ3n) is 4.14. The van der Waals surface area contributed by atoms with Gasteiger partial charge in [0.05, 0.1) is 25.3 Å². The van der Waals surface area contributed by atoms with Gasteiger partial charge in [0, 0.05) is 0 Å². The van der Waals surface area contributed by atoms with Crippen LogP contribution in [0.1, 0.15) is 27.9 Å². The Morgan fingerprint density at radius 2 is 2.03 bits per heavy atom. The van der Waals surface area contributed by atoms with Crippen molar-refractivity contribution in [3.63, 3.8) is 0 Å². The Morgan fingerprint density at radius 1 is 1.23 bits per heavy atom. The molecule has 1 aliphatic heterocycles. The number of methoxy groups -OCH3 is 1. The van der Waals surface area contributed by atoms with Gasteiger partial charge in [-0.25, -0.2) is 4.79 Å². The number of benzene rings is 2. The first-order valence-corrected chi connectivity index (χ1v) is 10.0. The summed E-state index contributed by atoms with van der Waals surface area (Å²) in [5.41, 5.74) is 1.99. The molecule has 1 unspecified atom stereocenters. The van der Waals surface area contributed by atoms with E-state index < -0.39 is 23.1 Å². The summed E-state index contributed by atoms with van der Waals surface area (Å²) >= 11 is 1.01. The quantitative estimate of drug-likeness (QED) is 0.293. The van der Waals surface area contributed by atoms with Crippen LogP contribution in [0.15, 0.2) is 52.7 Å². The monoisotopic (exact) mass is 441 g/mol. The van der Waals surface area contributed by atoms with Gasteiger partial charge in [0.1, 0.15) is 5.25 Å². The molecule has 0 aliphatic carbocycles. The molecule has 2 aromatic carbocycles. The van der Waals surface area contributed by atoms with Crippen molar-refractivity contribution >= 4 is 41.0 Å². The highest BCUT2D eigenvalue weighted by molar-refractivity contribution is 8.15. The maximum absolute atomic E-state index is 12.4. The SMILES string of the molecule is COc1cc(C=NN=C2NC(=O)C(CC(=O)O)S2)ccc1OC(=O)c1cccc(C)c1. The first-order chi connectivity index (χ1) is 14.9. The van der Waals surface area contributed by atoms with Crippen LogP contribution in [-0.4, -0.2) is 46.7 Å². The lowest BCUT2D eigenvalue weighted by atomic mass is 10.1. The molecule has 10 heteroatoms. The average molecular weight is 441 g/mol. The predicted molar refractivity (Wildman–Crippen MR) is 116 cm³/mol. The molecule has 1 atom stereocenters. The summed E-state index contributed by atoms with van der Waals surface area (Å²) in [6, 6.07) is 11.9. The Balaban J connectivity index is 1.68. The fraction of sp³-hybridized carbons (Fsp3) is 0.190. The van der Waals surface area contributed by atoms with Gasteiger partial charge in [-0.15, -0.1) is 5.10 Å². The van der Waals surface area contributed by atoms with Gasteiger partial charge >= 0.3 is 11.9 Å². The lowest BCUT2D eigenvalue weighted by molar-refractivity contribution is -0.138. The van der Waals surface area contributed by atoms with Crippen LogP contribution in [0.4, 0.5) is 0 Å².